The zero-order chi connectivity index (χ0) is 22.2. The number of phosphoric ester groups is 1. The molecule has 1 fully saturated rings. The van der Waals surface area contributed by atoms with Gasteiger partial charge in [-0.3, -0.25) is 0 Å². The number of nitrogens with zero attached hydrogens (tertiary/aromatic N) is 1. The van der Waals surface area contributed by atoms with Crippen molar-refractivity contribution in [1.29, 1.82) is 0 Å². The molecule has 1 aromatic heterocycles. The number of primary amides is 1. The summed E-state index contributed by atoms with van der Waals surface area (Å²) in [5, 5.41) is 20.1. The van der Waals surface area contributed by atoms with Crippen LogP contribution >= 0.6 is 23.5 Å². The van der Waals surface area contributed by atoms with Crippen LogP contribution in [0.3, 0.4) is 0 Å². The van der Waals surface area contributed by atoms with Crippen LogP contribution in [0.2, 0.25) is 0 Å². The van der Waals surface area contributed by atoms with Gasteiger partial charge in [0, 0.05) is 0 Å². The summed E-state index contributed by atoms with van der Waals surface area (Å²) in [5.74, 6) is -0.806. The molecule has 29 heavy (non-hydrogen) atoms. The molecule has 0 bridgehead atoms. The molecule has 0 spiro atoms. The number of aliphatic hydroxyl groups is 2. The molecule has 0 saturated carbocycles. The van der Waals surface area contributed by atoms with Crippen LogP contribution in [0.4, 0.5) is 0 Å². The summed E-state index contributed by atoms with van der Waals surface area (Å²) in [7, 11) is -16.6. The van der Waals surface area contributed by atoms with Crippen LogP contribution in [0.1, 0.15) is 21.2 Å². The summed E-state index contributed by atoms with van der Waals surface area (Å²) in [4.78, 5) is 51.7. The van der Waals surface area contributed by atoms with Crippen LogP contribution in [0, 0.1) is 0 Å². The first-order valence-electron chi connectivity index (χ1n) is 7.15. The predicted molar refractivity (Wildman–Crippen MR) is 89.1 cm³/mol. The number of hydrogen-bond acceptors (Lipinski definition) is 11. The molecule has 2 heterocycles. The molecule has 1 aromatic rings. The number of carbonyl (C=O) groups excluding carboxylic acids is 1. The van der Waals surface area contributed by atoms with E-state index >= 15 is 0 Å². The van der Waals surface area contributed by atoms with Gasteiger partial charge in [0.05, 0.1) is 0 Å². The number of ether oxygens (including phenoxy) is 1. The molecule has 0 aromatic carbocycles. The van der Waals surface area contributed by atoms with Gasteiger partial charge in [-0.2, -0.15) is 0 Å². The molecule has 2 rings (SSSR count). The normalized spacial score (nSPS) is 29.3. The number of phosphoric acid groups is 3. The van der Waals surface area contributed by atoms with Gasteiger partial charge in [-0.15, -0.1) is 0 Å². The van der Waals surface area contributed by atoms with Gasteiger partial charge in [-0.1, -0.05) is 0 Å². The van der Waals surface area contributed by atoms with Crippen molar-refractivity contribution < 1.29 is 66.2 Å². The van der Waals surface area contributed by atoms with Crippen LogP contribution in [-0.4, -0.2) is 80.1 Å². The van der Waals surface area contributed by atoms with Crippen molar-refractivity contribution in [3.63, 3.8) is 0 Å². The van der Waals surface area contributed by atoms with Gasteiger partial charge < -0.3 is 0 Å². The number of aliphatic hydroxyl groups excluding tert-OH is 2. The van der Waals surface area contributed by atoms with Gasteiger partial charge in [0.25, 0.3) is 0 Å². The molecule has 16 nitrogen and oxygen atoms in total. The van der Waals surface area contributed by atoms with E-state index < -0.39 is 74.9 Å². The van der Waals surface area contributed by atoms with Crippen LogP contribution in [0.15, 0.2) is 4.94 Å². The number of amides is 1. The zero-order valence-corrected chi connectivity index (χ0v) is 18.2. The second kappa shape index (κ2) is 9.05. The molecule has 8 N–H and O–H groups in total. The van der Waals surface area contributed by atoms with Crippen molar-refractivity contribution >= 4 is 43.9 Å². The van der Waals surface area contributed by atoms with E-state index in [1.807, 2.05) is 0 Å². The molecule has 2 unspecified atom stereocenters. The van der Waals surface area contributed by atoms with Crippen LogP contribution < -0.4 is 5.73 Å². The van der Waals surface area contributed by atoms with Crippen molar-refractivity contribution in [3.05, 3.63) is 15.2 Å². The molecular formula is C9H15N2O14P3Se. The second-order valence-electron chi connectivity index (χ2n) is 5.40. The molecular weight excluding hydrogens is 532 g/mol. The third kappa shape index (κ3) is 7.11. The van der Waals surface area contributed by atoms with Gasteiger partial charge >= 0.3 is 167 Å². The van der Waals surface area contributed by atoms with Crippen molar-refractivity contribution in [2.45, 2.75) is 24.4 Å². The number of aromatic nitrogens is 1. The van der Waals surface area contributed by atoms with Crippen LogP contribution in [0.25, 0.3) is 0 Å². The molecule has 6 atom stereocenters. The molecule has 20 heteroatoms. The quantitative estimate of drug-likeness (QED) is 0.127. The SMILES string of the molecule is NC(=O)c1c[se]c([C@@H]2O[C@H](COP(=O)(O)OP(=O)(O)OP(=O)(O)O)[C@@H](O)[C@H]2O)n1. The van der Waals surface area contributed by atoms with Gasteiger partial charge in [0.2, 0.25) is 0 Å². The average Bonchev–Trinajstić information content (AvgIpc) is 3.09. The van der Waals surface area contributed by atoms with E-state index in [4.69, 9.17) is 25.2 Å². The Bertz CT molecular complexity index is 901. The topological polar surface area (TPSA) is 265 Å². The molecule has 1 saturated heterocycles. The first-order chi connectivity index (χ1) is 13.1. The van der Waals surface area contributed by atoms with E-state index in [1.165, 1.54) is 4.94 Å². The minimum atomic E-state index is -5.69. The Kier molecular flexibility index (Phi) is 7.79. The average molecular weight is 547 g/mol. The van der Waals surface area contributed by atoms with E-state index in [-0.39, 0.29) is 10.3 Å². The first-order valence-corrected chi connectivity index (χ1v) is 13.5. The summed E-state index contributed by atoms with van der Waals surface area (Å²) < 4.78 is 50.4. The van der Waals surface area contributed by atoms with Crippen molar-refractivity contribution in [2.24, 2.45) is 5.73 Å². The monoisotopic (exact) mass is 548 g/mol. The molecule has 1 amide bonds. The van der Waals surface area contributed by atoms with Crippen molar-refractivity contribution in [3.8, 4) is 0 Å². The zero-order valence-electron chi connectivity index (χ0n) is 13.8. The number of nitrogens with two attached hydrogens (primary N) is 1. The predicted octanol–water partition coefficient (Wildman–Crippen LogP) is -2.26. The summed E-state index contributed by atoms with van der Waals surface area (Å²) in [5.41, 5.74) is 5.03. The van der Waals surface area contributed by atoms with E-state index in [2.05, 4.69) is 18.1 Å². The van der Waals surface area contributed by atoms with Crippen molar-refractivity contribution in [2.75, 3.05) is 6.61 Å². The van der Waals surface area contributed by atoms with E-state index in [9.17, 15) is 33.6 Å². The summed E-state index contributed by atoms with van der Waals surface area (Å²) >= 11 is -0.524. The Hall–Kier alpha value is -0.311. The maximum absolute atomic E-state index is 11.7. The first kappa shape index (κ1) is 25.0. The second-order valence-corrected chi connectivity index (χ2v) is 11.7. The maximum atomic E-state index is 11.7. The van der Waals surface area contributed by atoms with Gasteiger partial charge in [0.1, 0.15) is 0 Å². The summed E-state index contributed by atoms with van der Waals surface area (Å²) in [6, 6.07) is 0. The Morgan fingerprint density at radius 3 is 2.28 bits per heavy atom. The Morgan fingerprint density at radius 1 is 1.14 bits per heavy atom. The summed E-state index contributed by atoms with van der Waals surface area (Å²) in [6.45, 7) is -0.950. The Morgan fingerprint density at radius 2 is 1.76 bits per heavy atom. The van der Waals surface area contributed by atoms with E-state index in [1.54, 1.807) is 0 Å². The minimum absolute atomic E-state index is 0.0537. The number of hydrogen-bond donors (Lipinski definition) is 7. The van der Waals surface area contributed by atoms with Crippen molar-refractivity contribution in [1.82, 2.24) is 4.98 Å². The fourth-order valence-electron chi connectivity index (χ4n) is 2.09. The van der Waals surface area contributed by atoms with Gasteiger partial charge in [0.15, 0.2) is 0 Å². The molecule has 166 valence electrons. The van der Waals surface area contributed by atoms with Gasteiger partial charge in [-0.25, -0.2) is 0 Å². The molecule has 0 aliphatic carbocycles. The van der Waals surface area contributed by atoms with Crippen LogP contribution in [0.5, 0.6) is 0 Å². The number of rotatable bonds is 9. The molecule has 1 aliphatic rings. The molecule has 1 aliphatic heterocycles. The fraction of sp³-hybridized carbons (Fsp3) is 0.556. The molecule has 0 radical (unpaired) electrons. The van der Waals surface area contributed by atoms with E-state index in [0.29, 0.717) is 0 Å². The van der Waals surface area contributed by atoms with Crippen LogP contribution in [-0.2, 0) is 31.6 Å². The van der Waals surface area contributed by atoms with Gasteiger partial charge in [-0.05, 0) is 0 Å². The summed E-state index contributed by atoms with van der Waals surface area (Å²) in [6.07, 6.45) is -5.82. The third-order valence-corrected chi connectivity index (χ3v) is 8.90. The number of carbonyl (C=O) groups is 1. The Labute approximate surface area is 167 Å². The fourth-order valence-corrected chi connectivity index (χ4v) is 6.97. The third-order valence-electron chi connectivity index (χ3n) is 3.20. The standard InChI is InChI=1S/C9H15N2O14P3Se/c10-8(14)3-2-29-9(11-3)7-6(13)5(12)4(23-7)1-22-27(18,19)25-28(20,21)24-26(15,16)17/h2,4-7,12-13H,1H2,(H2,10,14)(H,18,19)(H,20,21)(H2,15,16,17)/t4-,5-,6-,7-/m1/s1. The Balaban J connectivity index is 2.01. The van der Waals surface area contributed by atoms with E-state index in [0.717, 1.165) is 0 Å².